The number of carbonyl (C=O) groups excluding carboxylic acids is 1. The van der Waals surface area contributed by atoms with Crippen LogP contribution in [0.2, 0.25) is 10.0 Å². The Hall–Kier alpha value is -1.42. The number of carbonyl (C=O) groups is 1. The summed E-state index contributed by atoms with van der Waals surface area (Å²) in [7, 11) is 0. The lowest BCUT2D eigenvalue weighted by molar-refractivity contribution is -0.116. The summed E-state index contributed by atoms with van der Waals surface area (Å²) in [4.78, 5) is 12.8. The molecule has 0 aliphatic carbocycles. The lowest BCUT2D eigenvalue weighted by Gasteiger charge is -2.03. The van der Waals surface area contributed by atoms with Crippen LogP contribution in [0.5, 0.6) is 0 Å². The molecular weight excluding hydrogens is 337 g/mol. The Morgan fingerprint density at radius 2 is 1.59 bits per heavy atom. The summed E-state index contributed by atoms with van der Waals surface area (Å²) in [5, 5.41) is 4.26. The number of rotatable bonds is 6. The molecule has 0 aliphatic rings. The van der Waals surface area contributed by atoms with E-state index < -0.39 is 0 Å². The lowest BCUT2D eigenvalue weighted by Crippen LogP contribution is -2.23. The number of hydrogen-bond acceptors (Lipinski definition) is 2. The first-order valence-electron chi connectivity index (χ1n) is 6.73. The summed E-state index contributed by atoms with van der Waals surface area (Å²) in [5.41, 5.74) is 0.940. The van der Waals surface area contributed by atoms with Crippen molar-refractivity contribution in [1.29, 1.82) is 0 Å². The monoisotopic (exact) mass is 351 g/mol. The van der Waals surface area contributed by atoms with Crippen LogP contribution < -0.4 is 5.32 Å². The van der Waals surface area contributed by atoms with Gasteiger partial charge in [-0.05, 0) is 48.0 Å². The molecule has 22 heavy (non-hydrogen) atoms. The molecule has 1 N–H and O–H groups in total. The van der Waals surface area contributed by atoms with E-state index in [0.717, 1.165) is 21.2 Å². The fourth-order valence-electron chi connectivity index (χ4n) is 1.68. The zero-order chi connectivity index (χ0) is 15.8. The summed E-state index contributed by atoms with van der Waals surface area (Å²) in [6.07, 6.45) is 3.29. The van der Waals surface area contributed by atoms with E-state index in [1.807, 2.05) is 36.4 Å². The van der Waals surface area contributed by atoms with Crippen LogP contribution >= 0.6 is 35.0 Å². The van der Waals surface area contributed by atoms with Gasteiger partial charge in [-0.15, -0.1) is 11.8 Å². The molecule has 0 spiro atoms. The maximum atomic E-state index is 11.7. The fourth-order valence-corrected chi connectivity index (χ4v) is 2.70. The normalized spacial score (nSPS) is 10.8. The largest absolute Gasteiger partial charge is 0.352 e. The van der Waals surface area contributed by atoms with E-state index in [0.29, 0.717) is 11.6 Å². The molecule has 5 heteroatoms. The Balaban J connectivity index is 1.69. The van der Waals surface area contributed by atoms with Crippen LogP contribution in [-0.4, -0.2) is 18.2 Å². The SMILES string of the molecule is O=C(/C=C/c1ccc(Cl)cc1)NCCSc1ccc(Cl)cc1. The third-order valence-corrected chi connectivity index (χ3v) is 4.30. The Labute approximate surface area is 144 Å². The quantitative estimate of drug-likeness (QED) is 0.454. The van der Waals surface area contributed by atoms with Gasteiger partial charge in [0, 0.05) is 33.3 Å². The topological polar surface area (TPSA) is 29.1 Å². The van der Waals surface area contributed by atoms with Gasteiger partial charge in [-0.1, -0.05) is 35.3 Å². The molecule has 0 aliphatic heterocycles. The first-order chi connectivity index (χ1) is 10.6. The van der Waals surface area contributed by atoms with Crippen molar-refractivity contribution in [2.75, 3.05) is 12.3 Å². The van der Waals surface area contributed by atoms with Gasteiger partial charge < -0.3 is 5.32 Å². The smallest absolute Gasteiger partial charge is 0.244 e. The molecule has 0 heterocycles. The Morgan fingerprint density at radius 3 is 2.23 bits per heavy atom. The Morgan fingerprint density at radius 1 is 1.00 bits per heavy atom. The number of amides is 1. The molecule has 0 saturated heterocycles. The van der Waals surface area contributed by atoms with Crippen molar-refractivity contribution in [3.63, 3.8) is 0 Å². The molecule has 0 radical (unpaired) electrons. The van der Waals surface area contributed by atoms with Gasteiger partial charge in [-0.25, -0.2) is 0 Å². The van der Waals surface area contributed by atoms with Crippen LogP contribution in [0.3, 0.4) is 0 Å². The minimum absolute atomic E-state index is 0.105. The minimum atomic E-state index is -0.105. The zero-order valence-electron chi connectivity index (χ0n) is 11.8. The van der Waals surface area contributed by atoms with Crippen molar-refractivity contribution >= 4 is 46.9 Å². The van der Waals surface area contributed by atoms with Gasteiger partial charge in [0.25, 0.3) is 0 Å². The van der Waals surface area contributed by atoms with Gasteiger partial charge in [-0.3, -0.25) is 4.79 Å². The van der Waals surface area contributed by atoms with Crippen LogP contribution in [0.1, 0.15) is 5.56 Å². The van der Waals surface area contributed by atoms with Crippen molar-refractivity contribution in [2.24, 2.45) is 0 Å². The Bertz CT molecular complexity index is 639. The second kappa shape index (κ2) is 8.89. The molecule has 0 fully saturated rings. The second-order valence-electron chi connectivity index (χ2n) is 4.48. The summed E-state index contributed by atoms with van der Waals surface area (Å²) in [5.74, 6) is 0.703. The molecule has 2 rings (SSSR count). The molecule has 2 aromatic carbocycles. The van der Waals surface area contributed by atoms with Gasteiger partial charge in [0.15, 0.2) is 0 Å². The third kappa shape index (κ3) is 6.14. The summed E-state index contributed by atoms with van der Waals surface area (Å²) in [6.45, 7) is 0.608. The van der Waals surface area contributed by atoms with Gasteiger partial charge in [0.1, 0.15) is 0 Å². The highest BCUT2D eigenvalue weighted by Crippen LogP contribution is 2.19. The van der Waals surface area contributed by atoms with Gasteiger partial charge >= 0.3 is 0 Å². The second-order valence-corrected chi connectivity index (χ2v) is 6.52. The molecule has 0 bridgehead atoms. The molecule has 0 saturated carbocycles. The van der Waals surface area contributed by atoms with Crippen LogP contribution in [0, 0.1) is 0 Å². The van der Waals surface area contributed by atoms with E-state index in [9.17, 15) is 4.79 Å². The van der Waals surface area contributed by atoms with Gasteiger partial charge in [0.2, 0.25) is 5.91 Å². The molecule has 114 valence electrons. The van der Waals surface area contributed by atoms with Crippen molar-refractivity contribution in [2.45, 2.75) is 4.90 Å². The predicted molar refractivity (Wildman–Crippen MR) is 95.7 cm³/mol. The minimum Gasteiger partial charge on any atom is -0.352 e. The third-order valence-electron chi connectivity index (χ3n) is 2.78. The maximum Gasteiger partial charge on any atom is 0.244 e. The lowest BCUT2D eigenvalue weighted by atomic mass is 10.2. The van der Waals surface area contributed by atoms with Crippen LogP contribution in [0.4, 0.5) is 0 Å². The number of halogens is 2. The first-order valence-corrected chi connectivity index (χ1v) is 8.47. The molecule has 0 atom stereocenters. The van der Waals surface area contributed by atoms with Crippen LogP contribution in [-0.2, 0) is 4.79 Å². The highest BCUT2D eigenvalue weighted by Gasteiger charge is 1.97. The fraction of sp³-hybridized carbons (Fsp3) is 0.118. The number of nitrogens with one attached hydrogen (secondary N) is 1. The highest BCUT2D eigenvalue weighted by atomic mass is 35.5. The van der Waals surface area contributed by atoms with Crippen LogP contribution in [0.25, 0.3) is 6.08 Å². The summed E-state index contributed by atoms with van der Waals surface area (Å²) in [6, 6.07) is 15.0. The number of hydrogen-bond donors (Lipinski definition) is 1. The van der Waals surface area contributed by atoms with E-state index >= 15 is 0 Å². The predicted octanol–water partition coefficient (Wildman–Crippen LogP) is 4.92. The molecule has 2 nitrogen and oxygen atoms in total. The average molecular weight is 352 g/mol. The molecule has 1 amide bonds. The molecule has 2 aromatic rings. The molecule has 0 unspecified atom stereocenters. The average Bonchev–Trinajstić information content (AvgIpc) is 2.53. The van der Waals surface area contributed by atoms with E-state index in [2.05, 4.69) is 5.32 Å². The zero-order valence-corrected chi connectivity index (χ0v) is 14.1. The van der Waals surface area contributed by atoms with Gasteiger partial charge in [-0.2, -0.15) is 0 Å². The van der Waals surface area contributed by atoms with Crippen molar-refractivity contribution in [3.05, 3.63) is 70.2 Å². The van der Waals surface area contributed by atoms with Crippen molar-refractivity contribution in [1.82, 2.24) is 5.32 Å². The van der Waals surface area contributed by atoms with Crippen molar-refractivity contribution in [3.8, 4) is 0 Å². The Kier molecular flexibility index (Phi) is 6.84. The van der Waals surface area contributed by atoms with E-state index in [1.165, 1.54) is 6.08 Å². The number of benzene rings is 2. The standard InChI is InChI=1S/C17H15Cl2NOS/c18-14-4-1-13(2-5-14)3-10-17(21)20-11-12-22-16-8-6-15(19)7-9-16/h1-10H,11-12H2,(H,20,21)/b10-3+. The van der Waals surface area contributed by atoms with Crippen molar-refractivity contribution < 1.29 is 4.79 Å². The van der Waals surface area contributed by atoms with E-state index in [4.69, 9.17) is 23.2 Å². The maximum absolute atomic E-state index is 11.7. The van der Waals surface area contributed by atoms with E-state index in [1.54, 1.807) is 30.0 Å². The molecule has 0 aromatic heterocycles. The summed E-state index contributed by atoms with van der Waals surface area (Å²) >= 11 is 13.3. The summed E-state index contributed by atoms with van der Waals surface area (Å²) < 4.78 is 0. The molecular formula is C17H15Cl2NOS. The highest BCUT2D eigenvalue weighted by molar-refractivity contribution is 7.99. The van der Waals surface area contributed by atoms with E-state index in [-0.39, 0.29) is 5.91 Å². The van der Waals surface area contributed by atoms with Crippen LogP contribution in [0.15, 0.2) is 59.5 Å². The number of thioether (sulfide) groups is 1. The van der Waals surface area contributed by atoms with Gasteiger partial charge in [0.05, 0.1) is 0 Å². The first kappa shape index (κ1) is 16.9.